The second-order valence-electron chi connectivity index (χ2n) is 4.80. The monoisotopic (exact) mass is 305 g/mol. The van der Waals surface area contributed by atoms with E-state index in [1.54, 1.807) is 7.11 Å². The van der Waals surface area contributed by atoms with Crippen molar-refractivity contribution in [3.63, 3.8) is 0 Å². The largest absolute Gasteiger partial charge is 0.493 e. The summed E-state index contributed by atoms with van der Waals surface area (Å²) in [7, 11) is 1.62. The second kappa shape index (κ2) is 5.74. The number of ether oxygens (including phenoxy) is 3. The molecule has 2 aromatic carbocycles. The number of halogens is 1. The minimum absolute atomic E-state index is 0.232. The first-order valence-electron chi connectivity index (χ1n) is 6.64. The maximum absolute atomic E-state index is 6.12. The van der Waals surface area contributed by atoms with Gasteiger partial charge in [-0.25, -0.2) is 0 Å². The molecule has 0 amide bonds. The van der Waals surface area contributed by atoms with Crippen molar-refractivity contribution < 1.29 is 14.2 Å². The van der Waals surface area contributed by atoms with Gasteiger partial charge < -0.3 is 19.5 Å². The number of anilines is 1. The molecule has 0 aliphatic carbocycles. The predicted molar refractivity (Wildman–Crippen MR) is 82.6 cm³/mol. The maximum Gasteiger partial charge on any atom is 0.231 e. The molecule has 4 nitrogen and oxygen atoms in total. The molecule has 0 fully saturated rings. The molecule has 0 radical (unpaired) electrons. The van der Waals surface area contributed by atoms with Crippen molar-refractivity contribution in [1.29, 1.82) is 0 Å². The molecule has 21 heavy (non-hydrogen) atoms. The SMILES string of the molecule is COc1cc(CNc2cccc(Cl)c2C)cc2c1OCO2. The number of hydrogen-bond donors (Lipinski definition) is 1. The van der Waals surface area contributed by atoms with Gasteiger partial charge in [-0.15, -0.1) is 0 Å². The molecule has 1 N–H and O–H groups in total. The van der Waals surface area contributed by atoms with Crippen LogP contribution in [0.25, 0.3) is 0 Å². The summed E-state index contributed by atoms with van der Waals surface area (Å²) < 4.78 is 16.2. The first kappa shape index (κ1) is 13.9. The van der Waals surface area contributed by atoms with Crippen molar-refractivity contribution in [2.24, 2.45) is 0 Å². The van der Waals surface area contributed by atoms with Crippen LogP contribution in [0.15, 0.2) is 30.3 Å². The van der Waals surface area contributed by atoms with Gasteiger partial charge in [0.1, 0.15) is 0 Å². The quantitative estimate of drug-likeness (QED) is 0.927. The minimum atomic E-state index is 0.232. The fraction of sp³-hybridized carbons (Fsp3) is 0.250. The highest BCUT2D eigenvalue weighted by Gasteiger charge is 2.20. The third-order valence-electron chi connectivity index (χ3n) is 3.47. The highest BCUT2D eigenvalue weighted by Crippen LogP contribution is 2.42. The molecule has 0 unspecified atom stereocenters. The van der Waals surface area contributed by atoms with Gasteiger partial charge in [-0.2, -0.15) is 0 Å². The second-order valence-corrected chi connectivity index (χ2v) is 5.21. The Hall–Kier alpha value is -2.07. The van der Waals surface area contributed by atoms with Crippen LogP contribution in [0, 0.1) is 6.92 Å². The molecule has 3 rings (SSSR count). The topological polar surface area (TPSA) is 39.7 Å². The average molecular weight is 306 g/mol. The van der Waals surface area contributed by atoms with Crippen LogP contribution in [0.5, 0.6) is 17.2 Å². The van der Waals surface area contributed by atoms with E-state index in [0.29, 0.717) is 23.8 Å². The van der Waals surface area contributed by atoms with Crippen molar-refractivity contribution in [3.05, 3.63) is 46.5 Å². The van der Waals surface area contributed by atoms with Crippen LogP contribution >= 0.6 is 11.6 Å². The fourth-order valence-electron chi connectivity index (χ4n) is 2.28. The van der Waals surface area contributed by atoms with Gasteiger partial charge in [-0.3, -0.25) is 0 Å². The van der Waals surface area contributed by atoms with E-state index in [9.17, 15) is 0 Å². The smallest absolute Gasteiger partial charge is 0.231 e. The number of rotatable bonds is 4. The lowest BCUT2D eigenvalue weighted by Crippen LogP contribution is -2.01. The molecule has 1 heterocycles. The molecule has 5 heteroatoms. The zero-order valence-electron chi connectivity index (χ0n) is 11.9. The highest BCUT2D eigenvalue weighted by molar-refractivity contribution is 6.31. The molecule has 0 aromatic heterocycles. The molecular weight excluding hydrogens is 290 g/mol. The Morgan fingerprint density at radius 1 is 1.29 bits per heavy atom. The van der Waals surface area contributed by atoms with Crippen LogP contribution in [0.1, 0.15) is 11.1 Å². The maximum atomic E-state index is 6.12. The van der Waals surface area contributed by atoms with Crippen molar-refractivity contribution >= 4 is 17.3 Å². The van der Waals surface area contributed by atoms with Gasteiger partial charge in [0.05, 0.1) is 7.11 Å². The van der Waals surface area contributed by atoms with E-state index in [0.717, 1.165) is 21.8 Å². The number of benzene rings is 2. The lowest BCUT2D eigenvalue weighted by atomic mass is 10.1. The summed E-state index contributed by atoms with van der Waals surface area (Å²) in [5.74, 6) is 2.07. The van der Waals surface area contributed by atoms with Gasteiger partial charge in [-0.05, 0) is 42.3 Å². The van der Waals surface area contributed by atoms with Gasteiger partial charge in [0.25, 0.3) is 0 Å². The van der Waals surface area contributed by atoms with Crippen LogP contribution in [-0.2, 0) is 6.54 Å². The van der Waals surface area contributed by atoms with Gasteiger partial charge >= 0.3 is 0 Å². The molecule has 110 valence electrons. The summed E-state index contributed by atoms with van der Waals surface area (Å²) in [5.41, 5.74) is 3.10. The summed E-state index contributed by atoms with van der Waals surface area (Å²) in [5, 5.41) is 4.13. The first-order valence-corrected chi connectivity index (χ1v) is 7.02. The molecule has 0 saturated heterocycles. The number of methoxy groups -OCH3 is 1. The summed E-state index contributed by atoms with van der Waals surface area (Å²) in [6.45, 7) is 2.87. The lowest BCUT2D eigenvalue weighted by molar-refractivity contribution is 0.171. The van der Waals surface area contributed by atoms with Crippen LogP contribution in [0.2, 0.25) is 5.02 Å². The van der Waals surface area contributed by atoms with E-state index in [1.165, 1.54) is 0 Å². The van der Waals surface area contributed by atoms with Crippen molar-refractivity contribution in [1.82, 2.24) is 0 Å². The molecule has 0 bridgehead atoms. The van der Waals surface area contributed by atoms with Crippen LogP contribution in [0.4, 0.5) is 5.69 Å². The Labute approximate surface area is 128 Å². The number of fused-ring (bicyclic) bond motifs is 1. The van der Waals surface area contributed by atoms with E-state index in [1.807, 2.05) is 37.3 Å². The Balaban J connectivity index is 1.81. The van der Waals surface area contributed by atoms with Crippen molar-refractivity contribution in [2.75, 3.05) is 19.2 Å². The third kappa shape index (κ3) is 2.72. The minimum Gasteiger partial charge on any atom is -0.493 e. The Morgan fingerprint density at radius 3 is 2.95 bits per heavy atom. The molecule has 2 aromatic rings. The average Bonchev–Trinajstić information content (AvgIpc) is 2.96. The molecule has 0 spiro atoms. The van der Waals surface area contributed by atoms with Gasteiger partial charge in [0, 0.05) is 17.3 Å². The Kier molecular flexibility index (Phi) is 3.80. The lowest BCUT2D eigenvalue weighted by Gasteiger charge is -2.12. The van der Waals surface area contributed by atoms with E-state index < -0.39 is 0 Å². The zero-order valence-corrected chi connectivity index (χ0v) is 12.7. The van der Waals surface area contributed by atoms with E-state index >= 15 is 0 Å². The first-order chi connectivity index (χ1) is 10.2. The highest BCUT2D eigenvalue weighted by atomic mass is 35.5. The third-order valence-corrected chi connectivity index (χ3v) is 3.88. The van der Waals surface area contributed by atoms with Crippen LogP contribution in [0.3, 0.4) is 0 Å². The molecular formula is C16H16ClNO3. The van der Waals surface area contributed by atoms with Crippen molar-refractivity contribution in [2.45, 2.75) is 13.5 Å². The number of nitrogens with one attached hydrogen (secondary N) is 1. The zero-order chi connectivity index (χ0) is 14.8. The standard InChI is InChI=1S/C16H16ClNO3/c1-10-12(17)4-3-5-13(10)18-8-11-6-14(19-2)16-15(7-11)20-9-21-16/h3-7,18H,8-9H2,1-2H3. The van der Waals surface area contributed by atoms with E-state index in [-0.39, 0.29) is 6.79 Å². The van der Waals surface area contributed by atoms with Gasteiger partial charge in [-0.1, -0.05) is 17.7 Å². The molecule has 1 aliphatic heterocycles. The van der Waals surface area contributed by atoms with Gasteiger partial charge in [0.15, 0.2) is 11.5 Å². The Bertz CT molecular complexity index is 673. The number of hydrogen-bond acceptors (Lipinski definition) is 4. The normalized spacial score (nSPS) is 12.3. The summed E-state index contributed by atoms with van der Waals surface area (Å²) in [6.07, 6.45) is 0. The van der Waals surface area contributed by atoms with Gasteiger partial charge in [0.2, 0.25) is 12.5 Å². The molecule has 1 aliphatic rings. The van der Waals surface area contributed by atoms with Crippen LogP contribution in [-0.4, -0.2) is 13.9 Å². The van der Waals surface area contributed by atoms with E-state index in [2.05, 4.69) is 5.32 Å². The summed E-state index contributed by atoms with van der Waals surface area (Å²) in [6, 6.07) is 9.72. The molecule has 0 saturated carbocycles. The Morgan fingerprint density at radius 2 is 2.14 bits per heavy atom. The fourth-order valence-corrected chi connectivity index (χ4v) is 2.46. The predicted octanol–water partition coefficient (Wildman–Crippen LogP) is 4.00. The van der Waals surface area contributed by atoms with E-state index in [4.69, 9.17) is 25.8 Å². The summed E-state index contributed by atoms with van der Waals surface area (Å²) >= 11 is 6.12. The van der Waals surface area contributed by atoms with Crippen LogP contribution < -0.4 is 19.5 Å². The summed E-state index contributed by atoms with van der Waals surface area (Å²) in [4.78, 5) is 0. The van der Waals surface area contributed by atoms with Crippen molar-refractivity contribution in [3.8, 4) is 17.2 Å². The molecule has 0 atom stereocenters.